The van der Waals surface area contributed by atoms with Crippen molar-refractivity contribution in [2.45, 2.75) is 83.3 Å². The summed E-state index contributed by atoms with van der Waals surface area (Å²) >= 11 is 0. The summed E-state index contributed by atoms with van der Waals surface area (Å²) in [5, 5.41) is 22.7. The quantitative estimate of drug-likeness (QED) is 0.192. The summed E-state index contributed by atoms with van der Waals surface area (Å²) in [6.45, 7) is 7.00. The lowest BCUT2D eigenvalue weighted by molar-refractivity contribution is -0.0203. The second kappa shape index (κ2) is 14.5. The Morgan fingerprint density at radius 1 is 0.981 bits per heavy atom. The number of phenolic OH excluding ortho intramolecular Hbond substituents is 1. The van der Waals surface area contributed by atoms with Gasteiger partial charge in [0.15, 0.2) is 5.82 Å². The number of aromatic hydroxyl groups is 1. The molecule has 10 nitrogen and oxygen atoms in total. The van der Waals surface area contributed by atoms with Crippen LogP contribution in [0.5, 0.6) is 17.6 Å². The van der Waals surface area contributed by atoms with Crippen LogP contribution in [0.1, 0.15) is 70.3 Å². The number of benzene rings is 2. The number of aliphatic hydroxyl groups excluding tert-OH is 1. The van der Waals surface area contributed by atoms with Gasteiger partial charge >= 0.3 is 6.01 Å². The summed E-state index contributed by atoms with van der Waals surface area (Å²) < 4.78 is 50.4. The number of nitrogens with zero attached hydrogens (tertiary/aromatic N) is 5. The highest BCUT2D eigenvalue weighted by Crippen LogP contribution is 2.49. The summed E-state index contributed by atoms with van der Waals surface area (Å²) in [6.07, 6.45) is 8.83. The molecule has 0 radical (unpaired) electrons. The van der Waals surface area contributed by atoms with Crippen molar-refractivity contribution in [3.63, 3.8) is 0 Å². The second-order valence-electron chi connectivity index (χ2n) is 15.3. The number of piperidine rings is 2. The van der Waals surface area contributed by atoms with Crippen LogP contribution in [0.15, 0.2) is 24.3 Å². The molecule has 2 aromatic carbocycles. The van der Waals surface area contributed by atoms with E-state index in [0.717, 1.165) is 77.7 Å². The molecule has 52 heavy (non-hydrogen) atoms. The highest BCUT2D eigenvalue weighted by atomic mass is 19.1. The van der Waals surface area contributed by atoms with Crippen molar-refractivity contribution in [1.29, 1.82) is 0 Å². The van der Waals surface area contributed by atoms with E-state index in [4.69, 9.17) is 24.2 Å². The molecule has 3 unspecified atom stereocenters. The zero-order valence-electron chi connectivity index (χ0n) is 30.2. The number of β-amino-alcohol motifs (C(OH)–C–C–N with tert-alkyl or cyclic N) is 1. The summed E-state index contributed by atoms with van der Waals surface area (Å²) in [4.78, 5) is 18.9. The van der Waals surface area contributed by atoms with Crippen LogP contribution in [-0.4, -0.2) is 95.3 Å². The molecule has 4 aliphatic rings. The van der Waals surface area contributed by atoms with Crippen LogP contribution in [0.25, 0.3) is 32.9 Å². The van der Waals surface area contributed by atoms with E-state index in [-0.39, 0.29) is 45.2 Å². The lowest BCUT2D eigenvalue weighted by Gasteiger charge is -2.47. The minimum absolute atomic E-state index is 0.0434. The topological polar surface area (TPSA) is 113 Å². The Balaban J connectivity index is 1.22. The molecule has 278 valence electrons. The molecule has 0 amide bonds. The van der Waals surface area contributed by atoms with Crippen molar-refractivity contribution in [3.05, 3.63) is 41.5 Å². The Bertz CT molecular complexity index is 1960. The van der Waals surface area contributed by atoms with Crippen LogP contribution in [0, 0.1) is 23.0 Å². The minimum Gasteiger partial charge on any atom is -0.508 e. The number of fused-ring (bicyclic) bond motifs is 3. The van der Waals surface area contributed by atoms with Gasteiger partial charge < -0.3 is 29.3 Å². The molecular formula is C40H49F2N5O5. The van der Waals surface area contributed by atoms with Crippen LogP contribution >= 0.6 is 0 Å². The molecule has 1 saturated carbocycles. The third kappa shape index (κ3) is 6.40. The lowest BCUT2D eigenvalue weighted by Crippen LogP contribution is -2.53. The number of aliphatic hydroxyl groups is 1. The number of phenols is 1. The molecule has 3 atom stereocenters. The Morgan fingerprint density at radius 3 is 2.60 bits per heavy atom. The van der Waals surface area contributed by atoms with Gasteiger partial charge in [0.05, 0.1) is 19.8 Å². The molecule has 1 aliphatic carbocycles. The van der Waals surface area contributed by atoms with Gasteiger partial charge in [0.25, 0.3) is 0 Å². The Morgan fingerprint density at radius 2 is 1.81 bits per heavy atom. The van der Waals surface area contributed by atoms with Crippen molar-refractivity contribution < 1.29 is 33.2 Å². The van der Waals surface area contributed by atoms with Crippen molar-refractivity contribution in [3.8, 4) is 28.9 Å². The van der Waals surface area contributed by atoms with E-state index in [9.17, 15) is 10.2 Å². The number of methoxy groups -OCH3 is 1. The van der Waals surface area contributed by atoms with Gasteiger partial charge in [-0.2, -0.15) is 9.97 Å². The predicted molar refractivity (Wildman–Crippen MR) is 195 cm³/mol. The number of pyridine rings is 1. The van der Waals surface area contributed by atoms with Crippen LogP contribution in [-0.2, 0) is 11.2 Å². The van der Waals surface area contributed by atoms with Gasteiger partial charge in [-0.1, -0.05) is 19.4 Å². The van der Waals surface area contributed by atoms with Gasteiger partial charge in [-0.05, 0) is 105 Å². The maximum Gasteiger partial charge on any atom is 0.319 e. The molecule has 2 N–H and O–H groups in total. The number of likely N-dealkylation sites (tertiary alicyclic amines) is 1. The van der Waals surface area contributed by atoms with E-state index in [1.807, 2.05) is 11.8 Å². The van der Waals surface area contributed by atoms with Crippen molar-refractivity contribution in [2.24, 2.45) is 11.3 Å². The minimum atomic E-state index is -0.753. The third-order valence-electron chi connectivity index (χ3n) is 12.1. The Kier molecular flexibility index (Phi) is 9.82. The highest BCUT2D eigenvalue weighted by Gasteiger charge is 2.49. The van der Waals surface area contributed by atoms with E-state index in [2.05, 4.69) is 9.88 Å². The van der Waals surface area contributed by atoms with Crippen molar-refractivity contribution >= 4 is 27.5 Å². The van der Waals surface area contributed by atoms with Crippen molar-refractivity contribution in [2.75, 3.05) is 58.0 Å². The van der Waals surface area contributed by atoms with Gasteiger partial charge in [-0.15, -0.1) is 0 Å². The largest absolute Gasteiger partial charge is 0.508 e. The molecule has 4 aromatic rings. The molecule has 5 heterocycles. The molecule has 3 saturated heterocycles. The molecule has 3 aliphatic heterocycles. The summed E-state index contributed by atoms with van der Waals surface area (Å²) in [7, 11) is 1.45. The van der Waals surface area contributed by atoms with Gasteiger partial charge in [0.1, 0.15) is 34.0 Å². The molecule has 0 bridgehead atoms. The fraction of sp³-hybridized carbons (Fsp3) is 0.575. The molecule has 12 heteroatoms. The number of rotatable bonds is 9. The van der Waals surface area contributed by atoms with Gasteiger partial charge in [0, 0.05) is 49.9 Å². The maximum atomic E-state index is 17.2. The first kappa shape index (κ1) is 35.2. The van der Waals surface area contributed by atoms with Gasteiger partial charge in [-0.25, -0.2) is 13.8 Å². The average Bonchev–Trinajstić information content (AvgIpc) is 3.60. The van der Waals surface area contributed by atoms with Crippen molar-refractivity contribution in [1.82, 2.24) is 19.9 Å². The Hall–Kier alpha value is -3.87. The van der Waals surface area contributed by atoms with Crippen LogP contribution in [0.3, 0.4) is 0 Å². The van der Waals surface area contributed by atoms with Crippen LogP contribution < -0.4 is 14.4 Å². The Labute approximate surface area is 303 Å². The summed E-state index contributed by atoms with van der Waals surface area (Å²) in [5.74, 6) is -0.152. The van der Waals surface area contributed by atoms with E-state index >= 15 is 8.78 Å². The van der Waals surface area contributed by atoms with Gasteiger partial charge in [-0.3, -0.25) is 4.90 Å². The summed E-state index contributed by atoms with van der Waals surface area (Å²) in [5.41, 5.74) is 0.415. The first-order valence-electron chi connectivity index (χ1n) is 19.1. The second-order valence-corrected chi connectivity index (χ2v) is 15.3. The predicted octanol–water partition coefficient (Wildman–Crippen LogP) is 6.80. The fourth-order valence-electron chi connectivity index (χ4n) is 9.60. The van der Waals surface area contributed by atoms with Crippen LogP contribution in [0.2, 0.25) is 0 Å². The highest BCUT2D eigenvalue weighted by molar-refractivity contribution is 6.03. The van der Waals surface area contributed by atoms with E-state index < -0.39 is 17.7 Å². The average molecular weight is 718 g/mol. The number of anilines is 1. The van der Waals surface area contributed by atoms with Crippen LogP contribution in [0.4, 0.5) is 14.6 Å². The third-order valence-corrected chi connectivity index (χ3v) is 12.1. The first-order valence-corrected chi connectivity index (χ1v) is 19.1. The number of hydrogen-bond donors (Lipinski definition) is 2. The van der Waals surface area contributed by atoms with E-state index in [0.29, 0.717) is 66.7 Å². The number of aromatic nitrogens is 3. The zero-order chi connectivity index (χ0) is 36.0. The number of ether oxygens (including phenoxy) is 3. The summed E-state index contributed by atoms with van der Waals surface area (Å²) in [6, 6.07) is 6.34. The normalized spacial score (nSPS) is 24.4. The smallest absolute Gasteiger partial charge is 0.319 e. The maximum absolute atomic E-state index is 17.2. The molecule has 2 aromatic heterocycles. The number of hydrogen-bond acceptors (Lipinski definition) is 10. The molecule has 4 fully saturated rings. The fourth-order valence-corrected chi connectivity index (χ4v) is 9.60. The SMILES string of the molecule is CCc1c(F)ccc2cc(O)cc(-c3nc(OC)c4c(N5CCCC(O)C5)nc(OCC56CCCC5N(CC5CCOCC5)CCC6)nc4c3F)c12. The molecular weight excluding hydrogens is 668 g/mol. The van der Waals surface area contributed by atoms with E-state index in [1.54, 1.807) is 6.07 Å². The lowest BCUT2D eigenvalue weighted by atomic mass is 9.75. The number of aryl methyl sites for hydroxylation is 1. The molecule has 8 rings (SSSR count). The van der Waals surface area contributed by atoms with E-state index in [1.165, 1.54) is 25.3 Å². The number of halogens is 2. The first-order chi connectivity index (χ1) is 25.3. The van der Waals surface area contributed by atoms with Gasteiger partial charge in [0.2, 0.25) is 5.88 Å². The monoisotopic (exact) mass is 717 g/mol. The standard InChI is InChI=1S/C40H49F2N5O5/c1-3-28-30(41)10-9-25-19-27(49)20-29(32(25)28)35-34(42)36-33(38(43-35)50-2)37(47-15-5-7-26(48)22-47)45-39(44-36)52-23-40-13-4-8-31(40)46(16-6-14-40)21-24-11-17-51-18-12-24/h9-10,19-20,24,26,31,48-49H,3-8,11-18,21-23H2,1-2H3. The molecule has 0 spiro atoms. The zero-order valence-corrected chi connectivity index (χ0v) is 30.2.